The molecule has 0 aliphatic rings. The Morgan fingerprint density at radius 2 is 1.35 bits per heavy atom. The Bertz CT molecular complexity index is 715. The molecule has 0 nitrogen and oxygen atoms in total. The fourth-order valence-corrected chi connectivity index (χ4v) is 15.2. The Balaban J connectivity index is 2.30. The quantitative estimate of drug-likeness (QED) is 0.411. The van der Waals surface area contributed by atoms with Gasteiger partial charge in [-0.3, -0.25) is 0 Å². The van der Waals surface area contributed by atoms with Gasteiger partial charge in [0.2, 0.25) is 0 Å². The molecule has 2 aromatic heterocycles. The molecule has 0 bridgehead atoms. The Morgan fingerprint density at radius 1 is 0.750 bits per heavy atom. The molecule has 0 saturated heterocycles. The molecule has 3 aromatic rings. The SMILES string of the molecule is [CH3][Sn]([CH3])([CH3])[c]1cc2c(ccc3c[c]([Sn]([CH3])([CH3])[CH3])sc32)s1. The molecule has 0 unspecified atom stereocenters. The molecule has 4 heteroatoms. The second-order valence-corrected chi connectivity index (χ2v) is 40.6. The molecule has 0 atom stereocenters. The van der Waals surface area contributed by atoms with Crippen LogP contribution in [0.4, 0.5) is 0 Å². The fourth-order valence-electron chi connectivity index (χ4n) is 2.35. The molecule has 0 spiro atoms. The van der Waals surface area contributed by atoms with Gasteiger partial charge in [0.15, 0.2) is 0 Å². The van der Waals surface area contributed by atoms with E-state index in [9.17, 15) is 0 Å². The van der Waals surface area contributed by atoms with E-state index in [0.717, 1.165) is 0 Å². The average molecular weight is 516 g/mol. The van der Waals surface area contributed by atoms with Gasteiger partial charge < -0.3 is 0 Å². The standard InChI is InChI=1S/C10H4S2.6CH3.2Sn/c1-2-9-8(4-6-11-9)10-7(1)3-5-12-10;;;;;;;;/h1-4H;6*1H3;;. The summed E-state index contributed by atoms with van der Waals surface area (Å²) in [6.45, 7) is 0. The number of thiophene rings is 2. The summed E-state index contributed by atoms with van der Waals surface area (Å²) < 4.78 is 6.45. The summed E-state index contributed by atoms with van der Waals surface area (Å²) in [5.41, 5.74) is 0. The average Bonchev–Trinajstić information content (AvgIpc) is 2.90. The van der Waals surface area contributed by atoms with Crippen molar-refractivity contribution in [2.45, 2.75) is 29.6 Å². The van der Waals surface area contributed by atoms with Crippen LogP contribution >= 0.6 is 22.7 Å². The van der Waals surface area contributed by atoms with Gasteiger partial charge in [-0.05, 0) is 0 Å². The van der Waals surface area contributed by atoms with Crippen LogP contribution in [0.3, 0.4) is 0 Å². The molecule has 3 rings (SSSR count). The first kappa shape index (κ1) is 15.6. The molecule has 0 radical (unpaired) electrons. The monoisotopic (exact) mass is 518 g/mol. The van der Waals surface area contributed by atoms with E-state index in [1.165, 1.54) is 15.5 Å². The van der Waals surface area contributed by atoms with Gasteiger partial charge in [0.05, 0.1) is 0 Å². The fraction of sp³-hybridized carbons (Fsp3) is 0.375. The van der Waals surface area contributed by atoms with Gasteiger partial charge in [0.25, 0.3) is 0 Å². The van der Waals surface area contributed by atoms with E-state index in [2.05, 4.69) is 76.6 Å². The van der Waals surface area contributed by atoms with E-state index in [1.807, 2.05) is 0 Å². The summed E-state index contributed by atoms with van der Waals surface area (Å²) in [6, 6.07) is 9.69. The Morgan fingerprint density at radius 3 is 1.95 bits per heavy atom. The predicted molar refractivity (Wildman–Crippen MR) is 103 cm³/mol. The normalized spacial score (nSPS) is 13.5. The third-order valence-corrected chi connectivity index (χ3v) is 24.8. The van der Waals surface area contributed by atoms with Crippen molar-refractivity contribution in [3.63, 3.8) is 0 Å². The first-order valence-corrected chi connectivity index (χ1v) is 28.7. The van der Waals surface area contributed by atoms with Crippen LogP contribution in [0.25, 0.3) is 20.2 Å². The van der Waals surface area contributed by atoms with Gasteiger partial charge in [-0.1, -0.05) is 0 Å². The van der Waals surface area contributed by atoms with E-state index < -0.39 is 36.8 Å². The maximum absolute atomic E-state index is 2.52. The van der Waals surface area contributed by atoms with E-state index in [1.54, 1.807) is 10.5 Å². The van der Waals surface area contributed by atoms with Gasteiger partial charge >= 0.3 is 139 Å². The minimum absolute atomic E-state index is 1.47. The van der Waals surface area contributed by atoms with Crippen molar-refractivity contribution in [1.29, 1.82) is 0 Å². The molecule has 0 aliphatic heterocycles. The van der Waals surface area contributed by atoms with Crippen LogP contribution in [0, 0.1) is 0 Å². The van der Waals surface area contributed by atoms with E-state index in [4.69, 9.17) is 0 Å². The van der Waals surface area contributed by atoms with Gasteiger partial charge in [-0.25, -0.2) is 0 Å². The van der Waals surface area contributed by atoms with Crippen molar-refractivity contribution in [2.24, 2.45) is 0 Å². The number of benzene rings is 1. The van der Waals surface area contributed by atoms with Crippen LogP contribution in [-0.4, -0.2) is 36.8 Å². The van der Waals surface area contributed by atoms with Crippen LogP contribution in [0.1, 0.15) is 0 Å². The van der Waals surface area contributed by atoms with Crippen LogP contribution < -0.4 is 5.79 Å². The topological polar surface area (TPSA) is 0 Å². The Kier molecular flexibility index (Phi) is 4.01. The second kappa shape index (κ2) is 5.13. The van der Waals surface area contributed by atoms with Crippen LogP contribution in [0.15, 0.2) is 24.3 Å². The maximum atomic E-state index is 2.52. The molecular weight excluding hydrogens is 494 g/mol. The molecular formula is C16H22S2Sn2. The number of hydrogen-bond donors (Lipinski definition) is 0. The predicted octanol–water partition coefficient (Wildman–Crippen LogP) is 5.21. The molecule has 0 fully saturated rings. The molecule has 20 heavy (non-hydrogen) atoms. The summed E-state index contributed by atoms with van der Waals surface area (Å²) in [4.78, 5) is 15.1. The first-order chi connectivity index (χ1) is 9.16. The third-order valence-electron chi connectivity index (χ3n) is 3.66. The molecule has 2 heterocycles. The van der Waals surface area contributed by atoms with Crippen LogP contribution in [0.5, 0.6) is 0 Å². The zero-order valence-electron chi connectivity index (χ0n) is 13.1. The Hall–Kier alpha value is 0.737. The molecule has 0 N–H and O–H groups in total. The summed E-state index contributed by atoms with van der Waals surface area (Å²) in [5, 5.41) is 3.00. The van der Waals surface area contributed by atoms with Crippen molar-refractivity contribution in [3.8, 4) is 0 Å². The van der Waals surface area contributed by atoms with Crippen molar-refractivity contribution in [3.05, 3.63) is 24.3 Å². The van der Waals surface area contributed by atoms with Crippen LogP contribution in [0.2, 0.25) is 29.6 Å². The van der Waals surface area contributed by atoms with Gasteiger partial charge in [0, 0.05) is 0 Å². The zero-order valence-corrected chi connectivity index (χ0v) is 20.5. The number of hydrogen-bond acceptors (Lipinski definition) is 2. The summed E-state index contributed by atoms with van der Waals surface area (Å²) in [5.74, 6) is 0. The Labute approximate surface area is 137 Å². The van der Waals surface area contributed by atoms with Gasteiger partial charge in [-0.15, -0.1) is 0 Å². The van der Waals surface area contributed by atoms with Crippen molar-refractivity contribution >= 4 is 85.4 Å². The third kappa shape index (κ3) is 2.82. The van der Waals surface area contributed by atoms with Crippen molar-refractivity contribution in [2.75, 3.05) is 0 Å². The molecule has 0 saturated carbocycles. The van der Waals surface area contributed by atoms with Gasteiger partial charge in [-0.2, -0.15) is 0 Å². The minimum atomic E-state index is -1.94. The summed E-state index contributed by atoms with van der Waals surface area (Å²) in [6.07, 6.45) is 0. The molecule has 0 amide bonds. The number of fused-ring (bicyclic) bond motifs is 3. The second-order valence-electron chi connectivity index (χ2n) is 7.62. The molecule has 1 aromatic carbocycles. The first-order valence-electron chi connectivity index (χ1n) is 7.13. The van der Waals surface area contributed by atoms with Crippen molar-refractivity contribution < 1.29 is 0 Å². The zero-order chi connectivity index (χ0) is 14.7. The van der Waals surface area contributed by atoms with E-state index in [0.29, 0.717) is 0 Å². The molecule has 106 valence electrons. The van der Waals surface area contributed by atoms with Crippen LogP contribution in [-0.2, 0) is 0 Å². The van der Waals surface area contributed by atoms with E-state index in [-0.39, 0.29) is 0 Å². The molecule has 0 aliphatic carbocycles. The number of rotatable bonds is 2. The van der Waals surface area contributed by atoms with Gasteiger partial charge in [0.1, 0.15) is 0 Å². The van der Waals surface area contributed by atoms with E-state index >= 15 is 0 Å². The van der Waals surface area contributed by atoms with Crippen molar-refractivity contribution in [1.82, 2.24) is 0 Å². The summed E-state index contributed by atoms with van der Waals surface area (Å²) >= 11 is 0.257. The summed E-state index contributed by atoms with van der Waals surface area (Å²) in [7, 11) is 0.